The number of nitrogens with one attached hydrogen (secondary N) is 1. The number of aromatic amines is 1. The van der Waals surface area contributed by atoms with Crippen LogP contribution in [0.15, 0.2) is 11.2 Å². The van der Waals surface area contributed by atoms with Crippen molar-refractivity contribution in [1.82, 2.24) is 14.3 Å². The highest BCUT2D eigenvalue weighted by Crippen LogP contribution is 2.25. The van der Waals surface area contributed by atoms with E-state index in [2.05, 4.69) is 9.97 Å². The minimum atomic E-state index is -3.39. The van der Waals surface area contributed by atoms with Crippen molar-refractivity contribution in [3.8, 4) is 0 Å². The summed E-state index contributed by atoms with van der Waals surface area (Å²) in [5.74, 6) is 0.633. The van der Waals surface area contributed by atoms with E-state index in [-0.39, 0.29) is 11.1 Å². The van der Waals surface area contributed by atoms with Crippen LogP contribution in [0.1, 0.15) is 38.4 Å². The Morgan fingerprint density at radius 2 is 2.29 bits per heavy atom. The van der Waals surface area contributed by atoms with Gasteiger partial charge in [-0.05, 0) is 26.2 Å². The summed E-state index contributed by atoms with van der Waals surface area (Å²) in [5.41, 5.74) is 0. The molecular formula is C11H19N3O2S. The van der Waals surface area contributed by atoms with Crippen molar-refractivity contribution in [3.05, 3.63) is 12.0 Å². The van der Waals surface area contributed by atoms with Gasteiger partial charge in [0.05, 0.1) is 6.20 Å². The molecule has 1 aromatic heterocycles. The van der Waals surface area contributed by atoms with Crippen molar-refractivity contribution in [2.45, 2.75) is 50.6 Å². The molecule has 1 aliphatic rings. The summed E-state index contributed by atoms with van der Waals surface area (Å²) in [6.45, 7) is 4.42. The van der Waals surface area contributed by atoms with E-state index < -0.39 is 10.0 Å². The Bertz CT molecular complexity index is 481. The molecule has 1 atom stereocenters. The fourth-order valence-electron chi connectivity index (χ4n) is 2.35. The normalized spacial score (nSPS) is 22.8. The first-order chi connectivity index (χ1) is 8.05. The Labute approximate surface area is 102 Å². The second kappa shape index (κ2) is 4.78. The zero-order valence-corrected chi connectivity index (χ0v) is 11.1. The molecule has 2 rings (SSSR count). The molecule has 1 saturated heterocycles. The zero-order chi connectivity index (χ0) is 12.5. The van der Waals surface area contributed by atoms with Gasteiger partial charge in [-0.3, -0.25) is 0 Å². The standard InChI is InChI=1S/C11H19N3O2S/c1-3-10-6-4-5-7-14(10)17(15,16)11-8-12-9(2)13-11/h8,10H,3-7H2,1-2H3,(H,12,13). The van der Waals surface area contributed by atoms with Gasteiger partial charge in [0.1, 0.15) is 5.82 Å². The summed E-state index contributed by atoms with van der Waals surface area (Å²) in [5, 5.41) is 0.218. The molecule has 0 aliphatic carbocycles. The second-order valence-electron chi connectivity index (χ2n) is 4.51. The van der Waals surface area contributed by atoms with E-state index in [4.69, 9.17) is 0 Å². The van der Waals surface area contributed by atoms with E-state index in [1.165, 1.54) is 6.20 Å². The van der Waals surface area contributed by atoms with Crippen molar-refractivity contribution in [3.63, 3.8) is 0 Å². The van der Waals surface area contributed by atoms with Crippen molar-refractivity contribution in [2.75, 3.05) is 6.54 Å². The van der Waals surface area contributed by atoms with Crippen molar-refractivity contribution >= 4 is 10.0 Å². The van der Waals surface area contributed by atoms with Crippen LogP contribution in [-0.4, -0.2) is 35.3 Å². The number of H-pyrrole nitrogens is 1. The summed E-state index contributed by atoms with van der Waals surface area (Å²) >= 11 is 0. The number of imidazole rings is 1. The monoisotopic (exact) mass is 257 g/mol. The highest BCUT2D eigenvalue weighted by atomic mass is 32.2. The molecule has 2 heterocycles. The Hall–Kier alpha value is -0.880. The first-order valence-electron chi connectivity index (χ1n) is 6.09. The lowest BCUT2D eigenvalue weighted by Gasteiger charge is -2.33. The minimum absolute atomic E-state index is 0.136. The van der Waals surface area contributed by atoms with Crippen LogP contribution >= 0.6 is 0 Å². The number of piperidine rings is 1. The fraction of sp³-hybridized carbons (Fsp3) is 0.727. The number of aromatic nitrogens is 2. The average Bonchev–Trinajstić information content (AvgIpc) is 2.76. The molecule has 1 unspecified atom stereocenters. The molecule has 0 amide bonds. The van der Waals surface area contributed by atoms with Crippen LogP contribution < -0.4 is 0 Å². The Kier molecular flexibility index (Phi) is 3.53. The lowest BCUT2D eigenvalue weighted by Crippen LogP contribution is -2.43. The smallest absolute Gasteiger partial charge is 0.260 e. The van der Waals surface area contributed by atoms with E-state index >= 15 is 0 Å². The van der Waals surface area contributed by atoms with Gasteiger partial charge in [0, 0.05) is 12.6 Å². The van der Waals surface area contributed by atoms with Crippen LogP contribution in [-0.2, 0) is 10.0 Å². The molecule has 0 spiro atoms. The summed E-state index contributed by atoms with van der Waals surface area (Å²) in [4.78, 5) is 6.78. The molecule has 0 saturated carbocycles. The first-order valence-corrected chi connectivity index (χ1v) is 7.53. The average molecular weight is 257 g/mol. The number of hydrogen-bond acceptors (Lipinski definition) is 3. The quantitative estimate of drug-likeness (QED) is 0.895. The molecule has 6 heteroatoms. The lowest BCUT2D eigenvalue weighted by molar-refractivity contribution is 0.246. The van der Waals surface area contributed by atoms with Gasteiger partial charge in [0.25, 0.3) is 10.0 Å². The highest BCUT2D eigenvalue weighted by molar-refractivity contribution is 7.89. The molecule has 96 valence electrons. The third kappa shape index (κ3) is 2.37. The predicted octanol–water partition coefficient (Wildman–Crippen LogP) is 1.67. The maximum atomic E-state index is 12.4. The number of rotatable bonds is 3. The Morgan fingerprint density at radius 1 is 1.53 bits per heavy atom. The first kappa shape index (κ1) is 12.6. The number of sulfonamides is 1. The largest absolute Gasteiger partial charge is 0.332 e. The highest BCUT2D eigenvalue weighted by Gasteiger charge is 2.33. The Morgan fingerprint density at radius 3 is 2.88 bits per heavy atom. The molecule has 1 N–H and O–H groups in total. The van der Waals surface area contributed by atoms with Gasteiger partial charge in [-0.15, -0.1) is 0 Å². The lowest BCUT2D eigenvalue weighted by atomic mass is 10.0. The SMILES string of the molecule is CCC1CCCCN1S(=O)(=O)c1cnc(C)[nH]1. The Balaban J connectivity index is 2.30. The van der Waals surface area contributed by atoms with E-state index in [0.29, 0.717) is 12.4 Å². The molecule has 5 nitrogen and oxygen atoms in total. The van der Waals surface area contributed by atoms with Crippen LogP contribution in [0.2, 0.25) is 0 Å². The molecular weight excluding hydrogens is 238 g/mol. The number of aryl methyl sites for hydroxylation is 1. The van der Waals surface area contributed by atoms with Gasteiger partial charge >= 0.3 is 0 Å². The third-order valence-corrected chi connectivity index (χ3v) is 5.17. The second-order valence-corrected chi connectivity index (χ2v) is 6.37. The molecule has 17 heavy (non-hydrogen) atoms. The van der Waals surface area contributed by atoms with E-state index in [1.807, 2.05) is 6.92 Å². The van der Waals surface area contributed by atoms with Gasteiger partial charge in [0.2, 0.25) is 0 Å². The number of hydrogen-bond donors (Lipinski definition) is 1. The van der Waals surface area contributed by atoms with Crippen LogP contribution in [0.4, 0.5) is 0 Å². The van der Waals surface area contributed by atoms with Crippen molar-refractivity contribution in [1.29, 1.82) is 0 Å². The molecule has 1 fully saturated rings. The summed E-state index contributed by atoms with van der Waals surface area (Å²) in [6, 6.07) is 0.136. The molecule has 1 aromatic rings. The third-order valence-electron chi connectivity index (χ3n) is 3.31. The minimum Gasteiger partial charge on any atom is -0.332 e. The van der Waals surface area contributed by atoms with E-state index in [9.17, 15) is 8.42 Å². The van der Waals surface area contributed by atoms with E-state index in [1.54, 1.807) is 11.2 Å². The summed E-state index contributed by atoms with van der Waals surface area (Å²) < 4.78 is 26.5. The molecule has 0 aromatic carbocycles. The summed E-state index contributed by atoms with van der Waals surface area (Å²) in [7, 11) is -3.39. The number of nitrogens with zero attached hydrogens (tertiary/aromatic N) is 2. The van der Waals surface area contributed by atoms with Crippen molar-refractivity contribution < 1.29 is 8.42 Å². The molecule has 0 radical (unpaired) electrons. The predicted molar refractivity (Wildman–Crippen MR) is 65.1 cm³/mol. The van der Waals surface area contributed by atoms with E-state index in [0.717, 1.165) is 25.7 Å². The van der Waals surface area contributed by atoms with Crippen molar-refractivity contribution in [2.24, 2.45) is 0 Å². The zero-order valence-electron chi connectivity index (χ0n) is 10.3. The van der Waals surface area contributed by atoms with Gasteiger partial charge in [-0.1, -0.05) is 13.3 Å². The molecule has 1 aliphatic heterocycles. The van der Waals surface area contributed by atoms with Gasteiger partial charge in [-0.2, -0.15) is 4.31 Å². The van der Waals surface area contributed by atoms with Crippen LogP contribution in [0, 0.1) is 6.92 Å². The van der Waals surface area contributed by atoms with Gasteiger partial charge in [-0.25, -0.2) is 13.4 Å². The van der Waals surface area contributed by atoms with Gasteiger partial charge in [0.15, 0.2) is 5.03 Å². The van der Waals surface area contributed by atoms with Crippen LogP contribution in [0.25, 0.3) is 0 Å². The maximum absolute atomic E-state index is 12.4. The van der Waals surface area contributed by atoms with Crippen LogP contribution in [0.3, 0.4) is 0 Å². The fourth-order valence-corrected chi connectivity index (χ4v) is 4.09. The topological polar surface area (TPSA) is 66.1 Å². The molecule has 0 bridgehead atoms. The summed E-state index contributed by atoms with van der Waals surface area (Å²) in [6.07, 6.45) is 5.30. The van der Waals surface area contributed by atoms with Gasteiger partial charge < -0.3 is 4.98 Å². The van der Waals surface area contributed by atoms with Crippen LogP contribution in [0.5, 0.6) is 0 Å². The maximum Gasteiger partial charge on any atom is 0.260 e.